The van der Waals surface area contributed by atoms with Gasteiger partial charge < -0.3 is 5.73 Å². The van der Waals surface area contributed by atoms with E-state index < -0.39 is 10.0 Å². The van der Waals surface area contributed by atoms with E-state index in [9.17, 15) is 8.42 Å². The lowest BCUT2D eigenvalue weighted by atomic mass is 10.2. The SMILES string of the molecule is CC(C)CN(CC(C)C)S(=O)(=O)c1ccnc(N)c1. The van der Waals surface area contributed by atoms with Gasteiger partial charge in [-0.05, 0) is 17.9 Å². The van der Waals surface area contributed by atoms with Crippen LogP contribution in [0.1, 0.15) is 27.7 Å². The Balaban J connectivity index is 3.11. The number of sulfonamides is 1. The van der Waals surface area contributed by atoms with E-state index in [1.54, 1.807) is 0 Å². The Morgan fingerprint density at radius 1 is 1.21 bits per heavy atom. The molecule has 5 nitrogen and oxygen atoms in total. The molecule has 0 aliphatic carbocycles. The summed E-state index contributed by atoms with van der Waals surface area (Å²) in [5.41, 5.74) is 5.56. The molecule has 0 radical (unpaired) electrons. The highest BCUT2D eigenvalue weighted by molar-refractivity contribution is 7.89. The quantitative estimate of drug-likeness (QED) is 0.867. The summed E-state index contributed by atoms with van der Waals surface area (Å²) in [5, 5.41) is 0. The Morgan fingerprint density at radius 3 is 2.16 bits per heavy atom. The molecule has 1 heterocycles. The van der Waals surface area contributed by atoms with E-state index >= 15 is 0 Å². The summed E-state index contributed by atoms with van der Waals surface area (Å²) in [7, 11) is -3.50. The van der Waals surface area contributed by atoms with Gasteiger partial charge in [0.15, 0.2) is 0 Å². The topological polar surface area (TPSA) is 76.3 Å². The fourth-order valence-corrected chi connectivity index (χ4v) is 3.61. The number of hydrogen-bond acceptors (Lipinski definition) is 4. The number of anilines is 1. The number of hydrogen-bond donors (Lipinski definition) is 1. The minimum absolute atomic E-state index is 0.210. The molecule has 1 aromatic rings. The zero-order chi connectivity index (χ0) is 14.6. The molecule has 0 saturated heterocycles. The molecule has 1 aromatic heterocycles. The molecule has 1 rings (SSSR count). The van der Waals surface area contributed by atoms with Gasteiger partial charge in [-0.2, -0.15) is 4.31 Å². The van der Waals surface area contributed by atoms with Crippen LogP contribution in [0.5, 0.6) is 0 Å². The minimum Gasteiger partial charge on any atom is -0.384 e. The standard InChI is InChI=1S/C13H23N3O2S/c1-10(2)8-16(9-11(3)4)19(17,18)12-5-6-15-13(14)7-12/h5-7,10-11H,8-9H2,1-4H3,(H2,14,15). The zero-order valence-corrected chi connectivity index (χ0v) is 12.8. The van der Waals surface area contributed by atoms with E-state index in [1.165, 1.54) is 22.6 Å². The average molecular weight is 285 g/mol. The number of nitrogen functional groups attached to an aromatic ring is 1. The first-order valence-corrected chi connectivity index (χ1v) is 7.89. The molecule has 0 unspecified atom stereocenters. The van der Waals surface area contributed by atoms with Crippen LogP contribution in [0.3, 0.4) is 0 Å². The predicted molar refractivity (Wildman–Crippen MR) is 77.1 cm³/mol. The number of rotatable bonds is 6. The average Bonchev–Trinajstić information content (AvgIpc) is 2.26. The molecule has 0 aliphatic rings. The van der Waals surface area contributed by atoms with E-state index in [1.807, 2.05) is 27.7 Å². The smallest absolute Gasteiger partial charge is 0.243 e. The van der Waals surface area contributed by atoms with Gasteiger partial charge in [-0.25, -0.2) is 13.4 Å². The van der Waals surface area contributed by atoms with E-state index in [2.05, 4.69) is 4.98 Å². The van der Waals surface area contributed by atoms with Crippen molar-refractivity contribution in [2.75, 3.05) is 18.8 Å². The van der Waals surface area contributed by atoms with Crippen molar-refractivity contribution < 1.29 is 8.42 Å². The predicted octanol–water partition coefficient (Wildman–Crippen LogP) is 1.97. The van der Waals surface area contributed by atoms with E-state index in [0.29, 0.717) is 13.1 Å². The molecule has 0 saturated carbocycles. The van der Waals surface area contributed by atoms with Gasteiger partial charge in [0, 0.05) is 25.4 Å². The van der Waals surface area contributed by atoms with Crippen molar-refractivity contribution in [1.29, 1.82) is 0 Å². The highest BCUT2D eigenvalue weighted by Crippen LogP contribution is 2.19. The minimum atomic E-state index is -3.50. The Bertz CT molecular complexity index is 502. The highest BCUT2D eigenvalue weighted by Gasteiger charge is 2.26. The van der Waals surface area contributed by atoms with Crippen molar-refractivity contribution in [2.24, 2.45) is 11.8 Å². The van der Waals surface area contributed by atoms with Gasteiger partial charge in [-0.15, -0.1) is 0 Å². The van der Waals surface area contributed by atoms with Crippen LogP contribution in [0.2, 0.25) is 0 Å². The lowest BCUT2D eigenvalue weighted by Crippen LogP contribution is -2.37. The second-order valence-corrected chi connectivity index (χ2v) is 7.46. The van der Waals surface area contributed by atoms with E-state index in [-0.39, 0.29) is 22.5 Å². The summed E-state index contributed by atoms with van der Waals surface area (Å²) in [5.74, 6) is 0.760. The second kappa shape index (κ2) is 6.34. The van der Waals surface area contributed by atoms with Crippen LogP contribution >= 0.6 is 0 Å². The zero-order valence-electron chi connectivity index (χ0n) is 12.0. The van der Waals surface area contributed by atoms with Crippen LogP contribution < -0.4 is 5.73 Å². The van der Waals surface area contributed by atoms with Crippen molar-refractivity contribution in [1.82, 2.24) is 9.29 Å². The first-order chi connectivity index (χ1) is 8.73. The molecular formula is C13H23N3O2S. The van der Waals surface area contributed by atoms with Gasteiger partial charge in [0.1, 0.15) is 5.82 Å². The molecule has 0 atom stereocenters. The van der Waals surface area contributed by atoms with Crippen LogP contribution in [0.15, 0.2) is 23.2 Å². The van der Waals surface area contributed by atoms with Crippen molar-refractivity contribution in [3.8, 4) is 0 Å². The van der Waals surface area contributed by atoms with Crippen LogP contribution in [-0.4, -0.2) is 30.8 Å². The largest absolute Gasteiger partial charge is 0.384 e. The second-order valence-electron chi connectivity index (χ2n) is 5.53. The van der Waals surface area contributed by atoms with Crippen LogP contribution in [-0.2, 0) is 10.0 Å². The molecule has 0 amide bonds. The summed E-state index contributed by atoms with van der Waals surface area (Å²) in [6.45, 7) is 9.02. The highest BCUT2D eigenvalue weighted by atomic mass is 32.2. The summed E-state index contributed by atoms with van der Waals surface area (Å²) >= 11 is 0. The molecule has 108 valence electrons. The number of aromatic nitrogens is 1. The first kappa shape index (κ1) is 15.9. The Labute approximate surface area is 115 Å². The van der Waals surface area contributed by atoms with Gasteiger partial charge in [0.05, 0.1) is 4.90 Å². The van der Waals surface area contributed by atoms with Crippen LogP contribution in [0, 0.1) is 11.8 Å². The Morgan fingerprint density at radius 2 is 1.74 bits per heavy atom. The third kappa shape index (κ3) is 4.47. The Hall–Kier alpha value is -1.14. The third-order valence-corrected chi connectivity index (χ3v) is 4.36. The maximum Gasteiger partial charge on any atom is 0.243 e. The molecule has 0 spiro atoms. The fraction of sp³-hybridized carbons (Fsp3) is 0.615. The molecule has 2 N–H and O–H groups in total. The first-order valence-electron chi connectivity index (χ1n) is 6.45. The van der Waals surface area contributed by atoms with Crippen LogP contribution in [0.4, 0.5) is 5.82 Å². The maximum absolute atomic E-state index is 12.6. The number of nitrogens with zero attached hydrogens (tertiary/aromatic N) is 2. The van der Waals surface area contributed by atoms with Gasteiger partial charge in [-0.3, -0.25) is 0 Å². The Kier molecular flexibility index (Phi) is 5.31. The summed E-state index contributed by atoms with van der Waals surface area (Å²) in [6.07, 6.45) is 1.42. The van der Waals surface area contributed by atoms with Crippen molar-refractivity contribution >= 4 is 15.8 Å². The van der Waals surface area contributed by atoms with E-state index in [0.717, 1.165) is 0 Å². The normalized spacial score (nSPS) is 12.6. The molecule has 0 fully saturated rings. The van der Waals surface area contributed by atoms with Gasteiger partial charge in [-0.1, -0.05) is 27.7 Å². The lowest BCUT2D eigenvalue weighted by molar-refractivity contribution is 0.333. The summed E-state index contributed by atoms with van der Waals surface area (Å²) in [6, 6.07) is 2.89. The fourth-order valence-electron chi connectivity index (χ4n) is 1.82. The molecule has 0 aliphatic heterocycles. The molecule has 19 heavy (non-hydrogen) atoms. The monoisotopic (exact) mass is 285 g/mol. The maximum atomic E-state index is 12.6. The van der Waals surface area contributed by atoms with Crippen LogP contribution in [0.25, 0.3) is 0 Å². The van der Waals surface area contributed by atoms with Gasteiger partial charge >= 0.3 is 0 Å². The molecule has 0 bridgehead atoms. The molecule has 0 aromatic carbocycles. The number of nitrogens with two attached hydrogens (primary N) is 1. The van der Waals surface area contributed by atoms with Gasteiger partial charge in [0.2, 0.25) is 10.0 Å². The van der Waals surface area contributed by atoms with Crippen molar-refractivity contribution in [3.63, 3.8) is 0 Å². The lowest BCUT2D eigenvalue weighted by Gasteiger charge is -2.25. The summed E-state index contributed by atoms with van der Waals surface area (Å²) in [4.78, 5) is 4.04. The summed E-state index contributed by atoms with van der Waals surface area (Å²) < 4.78 is 26.7. The van der Waals surface area contributed by atoms with Crippen molar-refractivity contribution in [2.45, 2.75) is 32.6 Å². The molecular weight excluding hydrogens is 262 g/mol. The molecule has 6 heteroatoms. The third-order valence-electron chi connectivity index (χ3n) is 2.53. The van der Waals surface area contributed by atoms with Gasteiger partial charge in [0.25, 0.3) is 0 Å². The van der Waals surface area contributed by atoms with E-state index in [4.69, 9.17) is 5.73 Å². The number of pyridine rings is 1. The van der Waals surface area contributed by atoms with Crippen molar-refractivity contribution in [3.05, 3.63) is 18.3 Å².